The molecule has 0 amide bonds. The summed E-state index contributed by atoms with van der Waals surface area (Å²) in [6.07, 6.45) is 0. The second kappa shape index (κ2) is 11.8. The molecular weight excluding hydrogens is 671 g/mol. The van der Waals surface area contributed by atoms with Gasteiger partial charge in [0.2, 0.25) is 0 Å². The molecule has 3 aromatic heterocycles. The van der Waals surface area contributed by atoms with Crippen LogP contribution < -0.4 is 0 Å². The van der Waals surface area contributed by atoms with Crippen LogP contribution in [0, 0.1) is 22.7 Å². The van der Waals surface area contributed by atoms with E-state index in [1.807, 2.05) is 24.3 Å². The van der Waals surface area contributed by atoms with Crippen LogP contribution in [0.25, 0.3) is 93.6 Å². The van der Waals surface area contributed by atoms with E-state index in [1.165, 1.54) is 21.5 Å². The van der Waals surface area contributed by atoms with Gasteiger partial charge in [-0.15, -0.1) is 0 Å². The number of rotatable bonds is 4. The van der Waals surface area contributed by atoms with E-state index in [0.29, 0.717) is 11.1 Å². The van der Waals surface area contributed by atoms with E-state index >= 15 is 0 Å². The lowest BCUT2D eigenvalue weighted by Gasteiger charge is -2.16. The minimum Gasteiger partial charge on any atom is -0.309 e. The van der Waals surface area contributed by atoms with Crippen molar-refractivity contribution in [2.75, 3.05) is 0 Å². The molecule has 0 unspecified atom stereocenters. The van der Waals surface area contributed by atoms with Crippen molar-refractivity contribution < 1.29 is 0 Å². The number of fused-ring (bicyclic) bond motifs is 9. The van der Waals surface area contributed by atoms with E-state index in [2.05, 4.69) is 177 Å². The fourth-order valence-corrected chi connectivity index (χ4v) is 8.76. The lowest BCUT2D eigenvalue weighted by atomic mass is 10.0. The van der Waals surface area contributed by atoms with Crippen molar-refractivity contribution in [2.24, 2.45) is 0 Å². The van der Waals surface area contributed by atoms with Crippen LogP contribution in [0.1, 0.15) is 11.1 Å². The van der Waals surface area contributed by atoms with Crippen molar-refractivity contribution in [2.45, 2.75) is 0 Å². The molecule has 5 heteroatoms. The molecule has 0 saturated carbocycles. The van der Waals surface area contributed by atoms with E-state index < -0.39 is 0 Å². The Morgan fingerprint density at radius 1 is 0.345 bits per heavy atom. The van der Waals surface area contributed by atoms with Gasteiger partial charge in [0.05, 0.1) is 61.7 Å². The van der Waals surface area contributed by atoms with Gasteiger partial charge in [-0.25, -0.2) is 0 Å². The monoisotopic (exact) mass is 699 g/mol. The summed E-state index contributed by atoms with van der Waals surface area (Å²) in [4.78, 5) is 0. The zero-order chi connectivity index (χ0) is 36.6. The second-order valence-corrected chi connectivity index (χ2v) is 14.0. The van der Waals surface area contributed by atoms with Crippen LogP contribution in [-0.2, 0) is 0 Å². The maximum Gasteiger partial charge on any atom is 0.101 e. The van der Waals surface area contributed by atoms with Gasteiger partial charge in [0.25, 0.3) is 0 Å². The minimum atomic E-state index is 0.556. The Balaban J connectivity index is 1.15. The normalized spacial score (nSPS) is 11.6. The van der Waals surface area contributed by atoms with E-state index in [1.54, 1.807) is 0 Å². The molecule has 0 saturated heterocycles. The van der Waals surface area contributed by atoms with Gasteiger partial charge in [-0.2, -0.15) is 10.5 Å². The highest BCUT2D eigenvalue weighted by Crippen LogP contribution is 2.41. The molecule has 3 heterocycles. The smallest absolute Gasteiger partial charge is 0.101 e. The first-order valence-electron chi connectivity index (χ1n) is 18.3. The number of nitrogens with zero attached hydrogens (tertiary/aromatic N) is 5. The molecule has 0 aliphatic heterocycles. The Bertz CT molecular complexity index is 3360. The topological polar surface area (TPSA) is 62.4 Å². The van der Waals surface area contributed by atoms with Crippen molar-refractivity contribution in [3.8, 4) is 40.3 Å². The van der Waals surface area contributed by atoms with Gasteiger partial charge in [-0.1, -0.05) is 103 Å². The Kier molecular flexibility index (Phi) is 6.61. The third-order valence-corrected chi connectivity index (χ3v) is 11.1. The third-order valence-electron chi connectivity index (χ3n) is 11.1. The van der Waals surface area contributed by atoms with Crippen LogP contribution >= 0.6 is 0 Å². The number of para-hydroxylation sites is 5. The van der Waals surface area contributed by atoms with Gasteiger partial charge in [0, 0.05) is 38.0 Å². The van der Waals surface area contributed by atoms with Crippen molar-refractivity contribution in [1.29, 1.82) is 10.5 Å². The molecule has 0 fully saturated rings. The molecule has 5 nitrogen and oxygen atoms in total. The van der Waals surface area contributed by atoms with Crippen LogP contribution in [-0.4, -0.2) is 13.7 Å². The third kappa shape index (κ3) is 4.45. The highest BCUT2D eigenvalue weighted by Gasteiger charge is 2.22. The van der Waals surface area contributed by atoms with Crippen molar-refractivity contribution in [1.82, 2.24) is 13.7 Å². The average Bonchev–Trinajstić information content (AvgIpc) is 3.89. The summed E-state index contributed by atoms with van der Waals surface area (Å²) < 4.78 is 6.85. The number of nitriles is 2. The lowest BCUT2D eigenvalue weighted by molar-refractivity contribution is 1.12. The molecule has 254 valence electrons. The van der Waals surface area contributed by atoms with Crippen LogP contribution in [0.2, 0.25) is 0 Å². The summed E-state index contributed by atoms with van der Waals surface area (Å²) in [7, 11) is 0. The zero-order valence-electron chi connectivity index (χ0n) is 29.5. The largest absolute Gasteiger partial charge is 0.309 e. The maximum atomic E-state index is 10.9. The van der Waals surface area contributed by atoms with Gasteiger partial charge < -0.3 is 13.7 Å². The van der Waals surface area contributed by atoms with Gasteiger partial charge >= 0.3 is 0 Å². The summed E-state index contributed by atoms with van der Waals surface area (Å²) in [6, 6.07) is 65.9. The summed E-state index contributed by atoms with van der Waals surface area (Å²) in [5.74, 6) is 0. The summed E-state index contributed by atoms with van der Waals surface area (Å²) >= 11 is 0. The molecule has 0 bridgehead atoms. The van der Waals surface area contributed by atoms with Gasteiger partial charge in [-0.05, 0) is 83.9 Å². The van der Waals surface area contributed by atoms with Crippen LogP contribution in [0.15, 0.2) is 176 Å². The van der Waals surface area contributed by atoms with E-state index in [0.717, 1.165) is 72.1 Å². The second-order valence-electron chi connectivity index (χ2n) is 14.0. The molecule has 55 heavy (non-hydrogen) atoms. The first kappa shape index (κ1) is 30.7. The fraction of sp³-hybridized carbons (Fsp3) is 0. The molecule has 0 atom stereocenters. The predicted molar refractivity (Wildman–Crippen MR) is 224 cm³/mol. The summed E-state index contributed by atoms with van der Waals surface area (Å²) in [6.45, 7) is 0. The number of hydrogen-bond donors (Lipinski definition) is 0. The number of hydrogen-bond acceptors (Lipinski definition) is 2. The van der Waals surface area contributed by atoms with Crippen LogP contribution in [0.3, 0.4) is 0 Å². The highest BCUT2D eigenvalue weighted by molar-refractivity contribution is 6.15. The first-order chi connectivity index (χ1) is 27.2. The summed E-state index contributed by atoms with van der Waals surface area (Å²) in [5.41, 5.74) is 12.4. The number of benzene rings is 8. The molecule has 11 aromatic rings. The van der Waals surface area contributed by atoms with Gasteiger partial charge in [0.15, 0.2) is 0 Å². The Labute approximate surface area is 316 Å². The molecule has 0 radical (unpaired) electrons. The molecule has 0 aliphatic rings. The van der Waals surface area contributed by atoms with E-state index in [9.17, 15) is 10.5 Å². The molecule has 11 rings (SSSR count). The number of aromatic nitrogens is 3. The quantitative estimate of drug-likeness (QED) is 0.184. The Morgan fingerprint density at radius 2 is 0.891 bits per heavy atom. The molecule has 0 aliphatic carbocycles. The molecule has 0 spiro atoms. The van der Waals surface area contributed by atoms with E-state index in [4.69, 9.17) is 0 Å². The highest BCUT2D eigenvalue weighted by atomic mass is 15.1. The van der Waals surface area contributed by atoms with E-state index in [-0.39, 0.29) is 0 Å². The Morgan fingerprint density at radius 3 is 1.51 bits per heavy atom. The molecule has 8 aromatic carbocycles. The SMILES string of the molecule is N#Cc1ccc2c(c1)c1cccc(-n3c4ccccc4c4ccccc43)c1n2-c1ccc(-c2cccc(-n3c4ccccc4c4ccccc43)c2)cc1C#N. The van der Waals surface area contributed by atoms with Crippen LogP contribution in [0.5, 0.6) is 0 Å². The van der Waals surface area contributed by atoms with Crippen molar-refractivity contribution in [3.05, 3.63) is 187 Å². The lowest BCUT2D eigenvalue weighted by Crippen LogP contribution is -2.02. The fourth-order valence-electron chi connectivity index (χ4n) is 8.76. The maximum absolute atomic E-state index is 10.9. The predicted octanol–water partition coefficient (Wildman–Crippen LogP) is 12.4. The zero-order valence-corrected chi connectivity index (χ0v) is 29.5. The standard InChI is InChI=1S/C50H29N5/c51-30-32-23-25-48-42(27-32)41-17-10-22-49(54-46-20-7-3-15-39(46)40-16-4-8-21-47(40)54)50(41)55(48)43-26-24-34(28-35(43)31-52)33-11-9-12-36(29-33)53-44-18-5-1-13-37(44)38-14-2-6-19-45(38)53/h1-29H. The Hall–Kier alpha value is -7.86. The van der Waals surface area contributed by atoms with Crippen molar-refractivity contribution in [3.63, 3.8) is 0 Å². The molecular formula is C50H29N5. The molecule has 0 N–H and O–H groups in total. The van der Waals surface area contributed by atoms with Gasteiger partial charge in [0.1, 0.15) is 6.07 Å². The minimum absolute atomic E-state index is 0.556. The van der Waals surface area contributed by atoms with Gasteiger partial charge in [-0.3, -0.25) is 0 Å². The summed E-state index contributed by atoms with van der Waals surface area (Å²) in [5, 5.41) is 27.6. The van der Waals surface area contributed by atoms with Crippen molar-refractivity contribution >= 4 is 65.4 Å². The van der Waals surface area contributed by atoms with Crippen LogP contribution in [0.4, 0.5) is 0 Å². The first-order valence-corrected chi connectivity index (χ1v) is 18.3. The average molecular weight is 700 g/mol.